The van der Waals surface area contributed by atoms with Crippen molar-refractivity contribution in [2.75, 3.05) is 38.1 Å². The molecule has 2 heterocycles. The molecule has 0 saturated carbocycles. The summed E-state index contributed by atoms with van der Waals surface area (Å²) < 4.78 is 0. The summed E-state index contributed by atoms with van der Waals surface area (Å²) >= 11 is 0. The first-order chi connectivity index (χ1) is 12.9. The van der Waals surface area contributed by atoms with Gasteiger partial charge in [0, 0.05) is 56.9 Å². The van der Waals surface area contributed by atoms with E-state index in [9.17, 15) is 14.4 Å². The molecule has 1 atom stereocenters. The lowest BCUT2D eigenvalue weighted by molar-refractivity contribution is -0.128. The van der Waals surface area contributed by atoms with Crippen molar-refractivity contribution < 1.29 is 14.4 Å². The van der Waals surface area contributed by atoms with Crippen molar-refractivity contribution in [2.45, 2.75) is 38.8 Å². The minimum Gasteiger partial charge on any atom is -0.358 e. The molecule has 7 heteroatoms. The van der Waals surface area contributed by atoms with Crippen LogP contribution in [0.25, 0.3) is 0 Å². The van der Waals surface area contributed by atoms with E-state index in [0.29, 0.717) is 38.2 Å². The lowest BCUT2D eigenvalue weighted by atomic mass is 10.1. The van der Waals surface area contributed by atoms with Gasteiger partial charge in [0.2, 0.25) is 11.8 Å². The summed E-state index contributed by atoms with van der Waals surface area (Å²) in [5.41, 5.74) is 1.33. The number of carbonyl (C=O) groups excluding carboxylic acids is 3. The summed E-state index contributed by atoms with van der Waals surface area (Å²) in [5, 5.41) is 2.71. The van der Waals surface area contributed by atoms with Gasteiger partial charge >= 0.3 is 0 Å². The Balaban J connectivity index is 1.77. The highest BCUT2D eigenvalue weighted by atomic mass is 16.2. The van der Waals surface area contributed by atoms with Crippen molar-refractivity contribution in [3.8, 4) is 0 Å². The average Bonchev–Trinajstić information content (AvgIpc) is 3.12. The molecule has 1 N–H and O–H groups in total. The number of hydrogen-bond donors (Lipinski definition) is 1. The molecule has 2 saturated heterocycles. The maximum absolute atomic E-state index is 13.1. The SMILES string of the molecule is CNC(=O)C1CN(C(=O)c2cccc(N3CCCC3=O)c2)CCN1C(C)C. The topological polar surface area (TPSA) is 73.0 Å². The van der Waals surface area contributed by atoms with Gasteiger partial charge in [0.1, 0.15) is 6.04 Å². The van der Waals surface area contributed by atoms with Crippen molar-refractivity contribution in [3.63, 3.8) is 0 Å². The van der Waals surface area contributed by atoms with Crippen LogP contribution in [-0.4, -0.2) is 72.8 Å². The summed E-state index contributed by atoms with van der Waals surface area (Å²) in [6.07, 6.45) is 1.41. The van der Waals surface area contributed by atoms with E-state index >= 15 is 0 Å². The zero-order valence-electron chi connectivity index (χ0n) is 16.3. The van der Waals surface area contributed by atoms with E-state index in [1.165, 1.54) is 0 Å². The maximum atomic E-state index is 13.1. The van der Waals surface area contributed by atoms with E-state index in [0.717, 1.165) is 12.1 Å². The van der Waals surface area contributed by atoms with Gasteiger partial charge in [0.15, 0.2) is 0 Å². The molecule has 0 spiro atoms. The van der Waals surface area contributed by atoms with E-state index in [-0.39, 0.29) is 29.8 Å². The highest BCUT2D eigenvalue weighted by Gasteiger charge is 2.35. The Bertz CT molecular complexity index is 734. The van der Waals surface area contributed by atoms with Crippen molar-refractivity contribution >= 4 is 23.4 Å². The monoisotopic (exact) mass is 372 g/mol. The Labute approximate surface area is 160 Å². The zero-order valence-corrected chi connectivity index (χ0v) is 16.3. The third-order valence-corrected chi connectivity index (χ3v) is 5.40. The van der Waals surface area contributed by atoms with Crippen molar-refractivity contribution in [3.05, 3.63) is 29.8 Å². The lowest BCUT2D eigenvalue weighted by Gasteiger charge is -2.42. The van der Waals surface area contributed by atoms with E-state index in [4.69, 9.17) is 0 Å². The molecular formula is C20H28N4O3. The number of amides is 3. The molecule has 0 bridgehead atoms. The van der Waals surface area contributed by atoms with Gasteiger partial charge in [-0.05, 0) is 38.5 Å². The van der Waals surface area contributed by atoms with Gasteiger partial charge < -0.3 is 15.1 Å². The Morgan fingerprint density at radius 2 is 1.96 bits per heavy atom. The van der Waals surface area contributed by atoms with Crippen molar-refractivity contribution in [2.24, 2.45) is 0 Å². The predicted octanol–water partition coefficient (Wildman–Crippen LogP) is 1.09. The number of nitrogens with zero attached hydrogens (tertiary/aromatic N) is 3. The molecule has 3 rings (SSSR count). The van der Waals surface area contributed by atoms with Crippen LogP contribution in [0, 0.1) is 0 Å². The lowest BCUT2D eigenvalue weighted by Crippen LogP contribution is -2.61. The number of anilines is 1. The molecule has 1 aromatic rings. The molecule has 0 aliphatic carbocycles. The standard InChI is InChI=1S/C20H28N4O3/c1-14(2)23-11-10-22(13-17(23)19(26)21-3)20(27)15-6-4-7-16(12-15)24-9-5-8-18(24)25/h4,6-7,12,14,17H,5,8-11,13H2,1-3H3,(H,21,26). The summed E-state index contributed by atoms with van der Waals surface area (Å²) in [6.45, 7) is 6.42. The number of benzene rings is 1. The summed E-state index contributed by atoms with van der Waals surface area (Å²) in [7, 11) is 1.62. The van der Waals surface area contributed by atoms with Crippen LogP contribution in [0.4, 0.5) is 5.69 Å². The van der Waals surface area contributed by atoms with Crippen LogP contribution >= 0.6 is 0 Å². The van der Waals surface area contributed by atoms with Gasteiger partial charge in [-0.1, -0.05) is 6.07 Å². The van der Waals surface area contributed by atoms with Crippen LogP contribution < -0.4 is 10.2 Å². The van der Waals surface area contributed by atoms with E-state index in [1.807, 2.05) is 12.1 Å². The second-order valence-corrected chi connectivity index (χ2v) is 7.41. The number of piperazine rings is 1. The van der Waals surface area contributed by atoms with Crippen LogP contribution in [0.2, 0.25) is 0 Å². The Morgan fingerprint density at radius 1 is 1.19 bits per heavy atom. The largest absolute Gasteiger partial charge is 0.358 e. The fraction of sp³-hybridized carbons (Fsp3) is 0.550. The number of likely N-dealkylation sites (N-methyl/N-ethyl adjacent to an activating group) is 1. The van der Waals surface area contributed by atoms with Crippen LogP contribution in [-0.2, 0) is 9.59 Å². The average molecular weight is 372 g/mol. The van der Waals surface area contributed by atoms with Crippen LogP contribution in [0.5, 0.6) is 0 Å². The molecule has 146 valence electrons. The fourth-order valence-corrected chi connectivity index (χ4v) is 3.91. The number of nitrogens with one attached hydrogen (secondary N) is 1. The molecule has 1 unspecified atom stereocenters. The molecule has 1 aromatic carbocycles. The highest BCUT2D eigenvalue weighted by Crippen LogP contribution is 2.24. The number of carbonyl (C=O) groups is 3. The fourth-order valence-electron chi connectivity index (χ4n) is 3.91. The second kappa shape index (κ2) is 8.08. The van der Waals surface area contributed by atoms with E-state index < -0.39 is 0 Å². The first kappa shape index (κ1) is 19.4. The first-order valence-electron chi connectivity index (χ1n) is 9.59. The van der Waals surface area contributed by atoms with E-state index in [1.54, 1.807) is 29.0 Å². The normalized spacial score (nSPS) is 21.0. The van der Waals surface area contributed by atoms with Gasteiger partial charge in [-0.15, -0.1) is 0 Å². The zero-order chi connectivity index (χ0) is 19.6. The maximum Gasteiger partial charge on any atom is 0.254 e. The second-order valence-electron chi connectivity index (χ2n) is 7.41. The third-order valence-electron chi connectivity index (χ3n) is 5.40. The molecule has 27 heavy (non-hydrogen) atoms. The summed E-state index contributed by atoms with van der Waals surface area (Å²) in [6, 6.07) is 7.12. The Kier molecular flexibility index (Phi) is 5.79. The van der Waals surface area contributed by atoms with Gasteiger partial charge in [-0.3, -0.25) is 19.3 Å². The molecule has 3 amide bonds. The highest BCUT2D eigenvalue weighted by molar-refractivity contribution is 5.99. The molecule has 0 radical (unpaired) electrons. The van der Waals surface area contributed by atoms with Crippen molar-refractivity contribution in [1.82, 2.24) is 15.1 Å². The Hall–Kier alpha value is -2.41. The molecular weight excluding hydrogens is 344 g/mol. The van der Waals surface area contributed by atoms with E-state index in [2.05, 4.69) is 24.1 Å². The molecule has 0 aromatic heterocycles. The number of rotatable bonds is 4. The number of hydrogen-bond acceptors (Lipinski definition) is 4. The predicted molar refractivity (Wildman–Crippen MR) is 104 cm³/mol. The first-order valence-corrected chi connectivity index (χ1v) is 9.59. The molecule has 7 nitrogen and oxygen atoms in total. The third kappa shape index (κ3) is 3.98. The Morgan fingerprint density at radius 3 is 2.59 bits per heavy atom. The quantitative estimate of drug-likeness (QED) is 0.859. The van der Waals surface area contributed by atoms with Crippen LogP contribution in [0.3, 0.4) is 0 Å². The molecule has 2 aliphatic heterocycles. The van der Waals surface area contributed by atoms with Gasteiger partial charge in [0.05, 0.1) is 0 Å². The minimum atomic E-state index is -0.351. The van der Waals surface area contributed by atoms with Gasteiger partial charge in [-0.25, -0.2) is 0 Å². The van der Waals surface area contributed by atoms with Gasteiger partial charge in [-0.2, -0.15) is 0 Å². The summed E-state index contributed by atoms with van der Waals surface area (Å²) in [4.78, 5) is 43.0. The molecule has 2 fully saturated rings. The van der Waals surface area contributed by atoms with Crippen LogP contribution in [0.15, 0.2) is 24.3 Å². The molecule has 2 aliphatic rings. The minimum absolute atomic E-state index is 0.0717. The summed E-state index contributed by atoms with van der Waals surface area (Å²) in [5.74, 6) is -0.0664. The smallest absolute Gasteiger partial charge is 0.254 e. The van der Waals surface area contributed by atoms with Crippen molar-refractivity contribution in [1.29, 1.82) is 0 Å². The van der Waals surface area contributed by atoms with Gasteiger partial charge in [0.25, 0.3) is 5.91 Å². The van der Waals surface area contributed by atoms with Crippen LogP contribution in [0.1, 0.15) is 37.0 Å².